The van der Waals surface area contributed by atoms with Crippen LogP contribution in [-0.2, 0) is 6.54 Å². The van der Waals surface area contributed by atoms with Crippen molar-refractivity contribution in [3.05, 3.63) is 95.1 Å². The Morgan fingerprint density at radius 2 is 1.86 bits per heavy atom. The summed E-state index contributed by atoms with van der Waals surface area (Å²) in [5.41, 5.74) is 5.20. The molecule has 2 aromatic carbocycles. The topological polar surface area (TPSA) is 50.2 Å². The standard InChI is InChI=1S/C22H18F2N4/c1-14(16-8-17(23)10-18(24)9-16)28-19-3-2-15-12-27-22(21(15)11-19)5-4-20-13-25-6-7-26-20/h2-11,13-14,28H,12H2,1H3/b5-4+/t14-/m1/s1. The highest BCUT2D eigenvalue weighted by atomic mass is 19.1. The number of benzene rings is 2. The predicted octanol–water partition coefficient (Wildman–Crippen LogP) is 4.94. The van der Waals surface area contributed by atoms with Crippen LogP contribution in [0.2, 0.25) is 0 Å². The van der Waals surface area contributed by atoms with Crippen LogP contribution in [0.3, 0.4) is 0 Å². The fraction of sp³-hybridized carbons (Fsp3) is 0.136. The summed E-state index contributed by atoms with van der Waals surface area (Å²) in [5.74, 6) is -1.16. The van der Waals surface area contributed by atoms with Gasteiger partial charge in [0.1, 0.15) is 11.6 Å². The third-order valence-electron chi connectivity index (χ3n) is 4.57. The number of nitrogens with one attached hydrogen (secondary N) is 1. The Bertz CT molecular complexity index is 1040. The van der Waals surface area contributed by atoms with Crippen molar-refractivity contribution in [2.75, 3.05) is 5.32 Å². The molecule has 6 heteroatoms. The first-order chi connectivity index (χ1) is 13.6. The molecule has 1 aliphatic rings. The number of rotatable bonds is 5. The molecule has 3 aromatic rings. The predicted molar refractivity (Wildman–Crippen MR) is 106 cm³/mol. The van der Waals surface area contributed by atoms with Gasteiger partial charge in [-0.15, -0.1) is 0 Å². The molecular formula is C22H18F2N4. The SMILES string of the molecule is C[C@@H](Nc1ccc2c(c1)C(/C=C/c1cnccn1)=NC2)c1cc(F)cc(F)c1. The van der Waals surface area contributed by atoms with Gasteiger partial charge in [-0.2, -0.15) is 0 Å². The number of allylic oxidation sites excluding steroid dienone is 1. The Morgan fingerprint density at radius 3 is 2.61 bits per heavy atom. The summed E-state index contributed by atoms with van der Waals surface area (Å²) < 4.78 is 27.0. The summed E-state index contributed by atoms with van der Waals surface area (Å²) in [6, 6.07) is 9.28. The van der Waals surface area contributed by atoms with Crippen LogP contribution in [0.1, 0.15) is 35.3 Å². The summed E-state index contributed by atoms with van der Waals surface area (Å²) in [6.45, 7) is 2.49. The molecular weight excluding hydrogens is 358 g/mol. The van der Waals surface area contributed by atoms with Crippen molar-refractivity contribution in [3.63, 3.8) is 0 Å². The molecule has 1 N–H and O–H groups in total. The number of fused-ring (bicyclic) bond motifs is 1. The smallest absolute Gasteiger partial charge is 0.126 e. The number of aromatic nitrogens is 2. The zero-order valence-electron chi connectivity index (χ0n) is 15.2. The van der Waals surface area contributed by atoms with Crippen LogP contribution in [0.5, 0.6) is 0 Å². The van der Waals surface area contributed by atoms with Crippen LogP contribution >= 0.6 is 0 Å². The van der Waals surface area contributed by atoms with Crippen molar-refractivity contribution < 1.29 is 8.78 Å². The second-order valence-electron chi connectivity index (χ2n) is 6.61. The average Bonchev–Trinajstić information content (AvgIpc) is 3.09. The minimum Gasteiger partial charge on any atom is -0.378 e. The molecule has 0 radical (unpaired) electrons. The van der Waals surface area contributed by atoms with Crippen molar-refractivity contribution >= 4 is 17.5 Å². The highest BCUT2D eigenvalue weighted by molar-refractivity contribution is 6.13. The van der Waals surface area contributed by atoms with Gasteiger partial charge in [0, 0.05) is 35.8 Å². The van der Waals surface area contributed by atoms with Gasteiger partial charge in [0.25, 0.3) is 0 Å². The maximum absolute atomic E-state index is 13.5. The summed E-state index contributed by atoms with van der Waals surface area (Å²) in [4.78, 5) is 12.8. The Balaban J connectivity index is 1.54. The molecule has 0 aliphatic carbocycles. The third-order valence-corrected chi connectivity index (χ3v) is 4.57. The quantitative estimate of drug-likeness (QED) is 0.686. The van der Waals surface area contributed by atoms with Crippen LogP contribution in [0.15, 0.2) is 66.1 Å². The summed E-state index contributed by atoms with van der Waals surface area (Å²) in [6.07, 6.45) is 8.75. The molecule has 2 heterocycles. The first-order valence-corrected chi connectivity index (χ1v) is 8.93. The van der Waals surface area contributed by atoms with E-state index in [1.807, 2.05) is 37.3 Å². The van der Waals surface area contributed by atoms with Crippen molar-refractivity contribution in [1.29, 1.82) is 0 Å². The second kappa shape index (κ2) is 7.68. The lowest BCUT2D eigenvalue weighted by Crippen LogP contribution is -2.08. The van der Waals surface area contributed by atoms with Gasteiger partial charge in [0.15, 0.2) is 0 Å². The fourth-order valence-electron chi connectivity index (χ4n) is 3.16. The first-order valence-electron chi connectivity index (χ1n) is 8.93. The lowest BCUT2D eigenvalue weighted by atomic mass is 10.0. The minimum absolute atomic E-state index is 0.250. The maximum Gasteiger partial charge on any atom is 0.126 e. The zero-order valence-corrected chi connectivity index (χ0v) is 15.2. The van der Waals surface area contributed by atoms with Crippen LogP contribution in [0.25, 0.3) is 6.08 Å². The van der Waals surface area contributed by atoms with Crippen molar-refractivity contribution in [2.24, 2.45) is 4.99 Å². The van der Waals surface area contributed by atoms with Gasteiger partial charge in [-0.1, -0.05) is 6.07 Å². The van der Waals surface area contributed by atoms with Gasteiger partial charge in [0.05, 0.1) is 24.1 Å². The number of hydrogen-bond donors (Lipinski definition) is 1. The van der Waals surface area contributed by atoms with E-state index in [0.29, 0.717) is 12.1 Å². The van der Waals surface area contributed by atoms with E-state index in [1.165, 1.54) is 12.1 Å². The molecule has 0 bridgehead atoms. The van der Waals surface area contributed by atoms with Crippen LogP contribution in [0.4, 0.5) is 14.5 Å². The molecule has 0 saturated carbocycles. The Kier molecular flexibility index (Phi) is 4.93. The minimum atomic E-state index is -0.582. The summed E-state index contributed by atoms with van der Waals surface area (Å²) >= 11 is 0. The van der Waals surface area contributed by atoms with E-state index in [-0.39, 0.29) is 6.04 Å². The van der Waals surface area contributed by atoms with E-state index < -0.39 is 11.6 Å². The molecule has 1 atom stereocenters. The zero-order chi connectivity index (χ0) is 19.5. The van der Waals surface area contributed by atoms with E-state index in [1.54, 1.807) is 18.6 Å². The summed E-state index contributed by atoms with van der Waals surface area (Å²) in [7, 11) is 0. The molecule has 0 amide bonds. The fourth-order valence-corrected chi connectivity index (χ4v) is 3.16. The normalized spacial score (nSPS) is 14.0. The van der Waals surface area contributed by atoms with Gasteiger partial charge >= 0.3 is 0 Å². The van der Waals surface area contributed by atoms with E-state index in [9.17, 15) is 8.78 Å². The van der Waals surface area contributed by atoms with Crippen LogP contribution in [-0.4, -0.2) is 15.7 Å². The molecule has 4 rings (SSSR count). The van der Waals surface area contributed by atoms with Crippen LogP contribution in [0, 0.1) is 11.6 Å². The number of hydrogen-bond acceptors (Lipinski definition) is 4. The number of nitrogens with zero attached hydrogens (tertiary/aromatic N) is 3. The van der Waals surface area contributed by atoms with Gasteiger partial charge in [0.2, 0.25) is 0 Å². The van der Waals surface area contributed by atoms with Crippen molar-refractivity contribution in [1.82, 2.24) is 9.97 Å². The lowest BCUT2D eigenvalue weighted by Gasteiger charge is -2.17. The Morgan fingerprint density at radius 1 is 1.04 bits per heavy atom. The molecule has 0 fully saturated rings. The molecule has 140 valence electrons. The number of anilines is 1. The Labute approximate surface area is 161 Å². The largest absolute Gasteiger partial charge is 0.378 e. The van der Waals surface area contributed by atoms with Crippen molar-refractivity contribution in [3.8, 4) is 0 Å². The summed E-state index contributed by atoms with van der Waals surface area (Å²) in [5, 5.41) is 3.30. The van der Waals surface area contributed by atoms with Gasteiger partial charge in [-0.3, -0.25) is 15.0 Å². The molecule has 0 unspecified atom stereocenters. The molecule has 1 aromatic heterocycles. The van der Waals surface area contributed by atoms with E-state index in [2.05, 4.69) is 20.3 Å². The molecule has 1 aliphatic heterocycles. The lowest BCUT2D eigenvalue weighted by molar-refractivity contribution is 0.577. The molecule has 4 nitrogen and oxygen atoms in total. The first kappa shape index (κ1) is 18.0. The molecule has 0 saturated heterocycles. The van der Waals surface area contributed by atoms with Crippen molar-refractivity contribution in [2.45, 2.75) is 19.5 Å². The van der Waals surface area contributed by atoms with E-state index >= 15 is 0 Å². The maximum atomic E-state index is 13.5. The molecule has 0 spiro atoms. The van der Waals surface area contributed by atoms with Crippen LogP contribution < -0.4 is 5.32 Å². The van der Waals surface area contributed by atoms with Gasteiger partial charge in [-0.25, -0.2) is 8.78 Å². The highest BCUT2D eigenvalue weighted by Crippen LogP contribution is 2.27. The molecule has 28 heavy (non-hydrogen) atoms. The average molecular weight is 376 g/mol. The highest BCUT2D eigenvalue weighted by Gasteiger charge is 2.15. The monoisotopic (exact) mass is 376 g/mol. The number of aliphatic imine (C=N–C) groups is 1. The second-order valence-corrected chi connectivity index (χ2v) is 6.61. The van der Waals surface area contributed by atoms with Gasteiger partial charge in [-0.05, 0) is 54.5 Å². The third kappa shape index (κ3) is 3.96. The Hall–Kier alpha value is -3.41. The number of halogens is 2. The van der Waals surface area contributed by atoms with Gasteiger partial charge < -0.3 is 5.32 Å². The van der Waals surface area contributed by atoms with E-state index in [0.717, 1.165) is 34.3 Å². The van der Waals surface area contributed by atoms with E-state index in [4.69, 9.17) is 0 Å².